The molecule has 0 aromatic carbocycles. The molecule has 6 nitrogen and oxygen atoms in total. The first-order valence-corrected chi connectivity index (χ1v) is 3.79. The van der Waals surface area contributed by atoms with Gasteiger partial charge in [-0.05, 0) is 6.08 Å². The molecule has 0 atom stereocenters. The van der Waals surface area contributed by atoms with Crippen LogP contribution in [0.2, 0.25) is 0 Å². The molecule has 1 aliphatic rings. The molecular formula is C8H7N3O3. The van der Waals surface area contributed by atoms with Crippen LogP contribution in [0, 0.1) is 6.57 Å². The molecule has 14 heavy (non-hydrogen) atoms. The van der Waals surface area contributed by atoms with Gasteiger partial charge in [0.2, 0.25) is 0 Å². The Kier molecular flexibility index (Phi) is 3.38. The zero-order valence-corrected chi connectivity index (χ0v) is 7.21. The summed E-state index contributed by atoms with van der Waals surface area (Å²) in [5.41, 5.74) is 0. The number of ketones is 1. The third kappa shape index (κ3) is 2.71. The number of allylic oxidation sites excluding steroid dienone is 1. The molecule has 0 aliphatic carbocycles. The van der Waals surface area contributed by atoms with Gasteiger partial charge in [-0.3, -0.25) is 4.79 Å². The number of carbonyl (C=O) groups excluding carboxylic acids is 2. The van der Waals surface area contributed by atoms with Crippen molar-refractivity contribution in [3.8, 4) is 0 Å². The molecule has 0 spiro atoms. The van der Waals surface area contributed by atoms with E-state index in [4.69, 9.17) is 6.57 Å². The van der Waals surface area contributed by atoms with Crippen molar-refractivity contribution in [1.82, 2.24) is 5.01 Å². The van der Waals surface area contributed by atoms with Crippen molar-refractivity contribution in [2.75, 3.05) is 13.2 Å². The lowest BCUT2D eigenvalue weighted by atomic mass is 10.4. The number of carbonyl (C=O) groups is 2. The Bertz CT molecular complexity index is 340. The van der Waals surface area contributed by atoms with Crippen molar-refractivity contribution in [2.24, 2.45) is 5.10 Å². The molecule has 1 fully saturated rings. The topological polar surface area (TPSA) is 63.3 Å². The summed E-state index contributed by atoms with van der Waals surface area (Å²) in [5.74, 6) is -0.444. The molecular weight excluding hydrogens is 186 g/mol. The lowest BCUT2D eigenvalue weighted by Gasteiger charge is -2.01. The van der Waals surface area contributed by atoms with Gasteiger partial charge in [0, 0.05) is 0 Å². The van der Waals surface area contributed by atoms with Gasteiger partial charge in [-0.15, -0.1) is 0 Å². The zero-order chi connectivity index (χ0) is 10.4. The Labute approximate surface area is 80.3 Å². The molecule has 6 heteroatoms. The van der Waals surface area contributed by atoms with Gasteiger partial charge in [0.25, 0.3) is 0 Å². The second-order valence-corrected chi connectivity index (χ2v) is 2.33. The summed E-state index contributed by atoms with van der Waals surface area (Å²) in [4.78, 5) is 24.6. The minimum absolute atomic E-state index is 0.280. The summed E-state index contributed by atoms with van der Waals surface area (Å²) in [6.07, 6.45) is 2.49. The van der Waals surface area contributed by atoms with E-state index in [-0.39, 0.29) is 6.61 Å². The van der Waals surface area contributed by atoms with Crippen LogP contribution in [0.3, 0.4) is 0 Å². The summed E-state index contributed by atoms with van der Waals surface area (Å²) in [5, 5.41) is 4.63. The van der Waals surface area contributed by atoms with Crippen molar-refractivity contribution in [2.45, 2.75) is 0 Å². The number of rotatable bonds is 3. The predicted molar refractivity (Wildman–Crippen MR) is 47.3 cm³/mol. The lowest BCUT2D eigenvalue weighted by Crippen LogP contribution is -2.18. The summed E-state index contributed by atoms with van der Waals surface area (Å²) in [6, 6.07) is 0. The highest BCUT2D eigenvalue weighted by Gasteiger charge is 2.20. The fourth-order valence-electron chi connectivity index (χ4n) is 0.770. The van der Waals surface area contributed by atoms with Crippen molar-refractivity contribution in [1.29, 1.82) is 0 Å². The molecule has 0 unspecified atom stereocenters. The Hall–Kier alpha value is -2.16. The lowest BCUT2D eigenvalue weighted by molar-refractivity contribution is -0.108. The maximum Gasteiger partial charge on any atom is 0.430 e. The van der Waals surface area contributed by atoms with E-state index in [2.05, 4.69) is 14.7 Å². The van der Waals surface area contributed by atoms with Crippen molar-refractivity contribution >= 4 is 18.1 Å². The third-order valence-corrected chi connectivity index (χ3v) is 1.38. The van der Waals surface area contributed by atoms with E-state index < -0.39 is 11.9 Å². The molecule has 1 aliphatic heterocycles. The number of hydrazone groups is 1. The van der Waals surface area contributed by atoms with Crippen LogP contribution in [0.1, 0.15) is 0 Å². The van der Waals surface area contributed by atoms with Crippen LogP contribution in [0.15, 0.2) is 17.4 Å². The van der Waals surface area contributed by atoms with Gasteiger partial charge in [0.05, 0.1) is 19.3 Å². The minimum Gasteiger partial charge on any atom is -0.446 e. The monoisotopic (exact) mass is 193 g/mol. The maximum absolute atomic E-state index is 10.9. The van der Waals surface area contributed by atoms with E-state index in [9.17, 15) is 9.59 Å². The van der Waals surface area contributed by atoms with E-state index >= 15 is 0 Å². The highest BCUT2D eigenvalue weighted by molar-refractivity contribution is 6.32. The average molecular weight is 193 g/mol. The van der Waals surface area contributed by atoms with Gasteiger partial charge in [0.1, 0.15) is 6.61 Å². The summed E-state index contributed by atoms with van der Waals surface area (Å²) in [7, 11) is 0. The fourth-order valence-corrected chi connectivity index (χ4v) is 0.770. The van der Waals surface area contributed by atoms with E-state index in [0.29, 0.717) is 6.54 Å². The molecule has 1 amide bonds. The third-order valence-electron chi connectivity index (χ3n) is 1.38. The Morgan fingerprint density at radius 1 is 1.71 bits per heavy atom. The van der Waals surface area contributed by atoms with Crippen LogP contribution in [0.5, 0.6) is 0 Å². The predicted octanol–water partition coefficient (Wildman–Crippen LogP) is 0.426. The van der Waals surface area contributed by atoms with Crippen LogP contribution in [0.4, 0.5) is 4.79 Å². The first-order valence-electron chi connectivity index (χ1n) is 3.79. The number of hydrogen-bond acceptors (Lipinski definition) is 4. The average Bonchev–Trinajstić information content (AvgIpc) is 2.58. The minimum atomic E-state index is -0.566. The quantitative estimate of drug-likeness (QED) is 0.371. The fraction of sp³-hybridized carbons (Fsp3) is 0.250. The van der Waals surface area contributed by atoms with Crippen LogP contribution in [-0.4, -0.2) is 36.3 Å². The van der Waals surface area contributed by atoms with Crippen molar-refractivity contribution in [3.05, 3.63) is 23.7 Å². The van der Waals surface area contributed by atoms with Crippen LogP contribution < -0.4 is 0 Å². The molecule has 0 aromatic rings. The summed E-state index contributed by atoms with van der Waals surface area (Å²) >= 11 is 0. The van der Waals surface area contributed by atoms with Gasteiger partial charge >= 0.3 is 6.09 Å². The first-order chi connectivity index (χ1) is 6.74. The molecule has 0 bridgehead atoms. The number of cyclic esters (lactones) is 1. The second kappa shape index (κ2) is 4.77. The Morgan fingerprint density at radius 3 is 3.07 bits per heavy atom. The van der Waals surface area contributed by atoms with Crippen molar-refractivity contribution < 1.29 is 14.3 Å². The first kappa shape index (κ1) is 9.92. The maximum atomic E-state index is 10.9. The van der Waals surface area contributed by atoms with Crippen LogP contribution >= 0.6 is 0 Å². The van der Waals surface area contributed by atoms with Gasteiger partial charge in [0.15, 0.2) is 12.0 Å². The van der Waals surface area contributed by atoms with Gasteiger partial charge in [-0.25, -0.2) is 9.64 Å². The smallest absolute Gasteiger partial charge is 0.430 e. The van der Waals surface area contributed by atoms with E-state index in [1.165, 1.54) is 0 Å². The zero-order valence-electron chi connectivity index (χ0n) is 7.21. The largest absolute Gasteiger partial charge is 0.446 e. The standard InChI is InChI=1S/C8H7N3O3/c1-9-3-2-7(12)6-10-11-4-5-14-8(11)13/h2-3,6H,4-5H2/b3-2?,10-6+. The Balaban J connectivity index is 2.47. The SMILES string of the molecule is [C-]#[N+]C=CC(=O)/C=N/N1CCOC1=O. The molecule has 0 saturated carbocycles. The second-order valence-electron chi connectivity index (χ2n) is 2.33. The highest BCUT2D eigenvalue weighted by Crippen LogP contribution is 2.02. The van der Waals surface area contributed by atoms with E-state index in [1.54, 1.807) is 0 Å². The highest BCUT2D eigenvalue weighted by atomic mass is 16.6. The van der Waals surface area contributed by atoms with Gasteiger partial charge in [-0.2, -0.15) is 10.1 Å². The molecule has 0 N–H and O–H groups in total. The number of hydrogen-bond donors (Lipinski definition) is 0. The molecule has 0 radical (unpaired) electrons. The molecule has 1 rings (SSSR count). The summed E-state index contributed by atoms with van der Waals surface area (Å²) in [6.45, 7) is 7.01. The van der Waals surface area contributed by atoms with Crippen LogP contribution in [-0.2, 0) is 9.53 Å². The van der Waals surface area contributed by atoms with Crippen LogP contribution in [0.25, 0.3) is 4.85 Å². The summed E-state index contributed by atoms with van der Waals surface area (Å²) < 4.78 is 4.57. The molecule has 72 valence electrons. The number of amides is 1. The molecule has 0 aromatic heterocycles. The van der Waals surface area contributed by atoms with Gasteiger partial charge in [-0.1, -0.05) is 0 Å². The van der Waals surface area contributed by atoms with Gasteiger partial charge < -0.3 is 4.74 Å². The normalized spacial score (nSPS) is 16.2. The number of nitrogens with zero attached hydrogens (tertiary/aromatic N) is 3. The van der Waals surface area contributed by atoms with Crippen molar-refractivity contribution in [3.63, 3.8) is 0 Å². The molecule has 1 heterocycles. The number of ether oxygens (including phenoxy) is 1. The van der Waals surface area contributed by atoms with E-state index in [0.717, 1.165) is 23.5 Å². The van der Waals surface area contributed by atoms with E-state index in [1.807, 2.05) is 0 Å². The molecule has 1 saturated heterocycles. The Morgan fingerprint density at radius 2 is 2.50 bits per heavy atom.